The molecule has 1 aromatic carbocycles. The third-order valence-electron chi connectivity index (χ3n) is 3.64. The highest BCUT2D eigenvalue weighted by Crippen LogP contribution is 2.29. The van der Waals surface area contributed by atoms with Gasteiger partial charge in [-0.1, -0.05) is 29.3 Å². The van der Waals surface area contributed by atoms with Crippen LogP contribution in [0.3, 0.4) is 0 Å². The second-order valence-electron chi connectivity index (χ2n) is 4.96. The molecule has 4 heteroatoms. The molecule has 0 bridgehead atoms. The van der Waals surface area contributed by atoms with Gasteiger partial charge >= 0.3 is 0 Å². The van der Waals surface area contributed by atoms with Crippen molar-refractivity contribution in [2.45, 2.75) is 38.1 Å². The van der Waals surface area contributed by atoms with E-state index in [0.29, 0.717) is 16.5 Å². The molecule has 1 fully saturated rings. The van der Waals surface area contributed by atoms with Gasteiger partial charge in [-0.15, -0.1) is 0 Å². The predicted molar refractivity (Wildman–Crippen MR) is 75.1 cm³/mol. The van der Waals surface area contributed by atoms with Crippen LogP contribution in [0, 0.1) is 5.92 Å². The van der Waals surface area contributed by atoms with Crippen molar-refractivity contribution in [2.75, 3.05) is 0 Å². The molecule has 0 saturated heterocycles. The number of halogens is 2. The molecule has 1 aromatic rings. The predicted octanol–water partition coefficient (Wildman–Crippen LogP) is 3.62. The van der Waals surface area contributed by atoms with E-state index in [0.717, 1.165) is 31.2 Å². The molecule has 0 amide bonds. The first kappa shape index (κ1) is 13.9. The summed E-state index contributed by atoms with van der Waals surface area (Å²) in [6.07, 6.45) is 3.99. The molecule has 0 radical (unpaired) electrons. The fraction of sp³-hybridized carbons (Fsp3) is 0.500. The van der Waals surface area contributed by atoms with Gasteiger partial charge in [-0.3, -0.25) is 4.79 Å². The third-order valence-corrected chi connectivity index (χ3v) is 4.35. The highest BCUT2D eigenvalue weighted by molar-refractivity contribution is 6.36. The molecule has 2 rings (SSSR count). The van der Waals surface area contributed by atoms with Crippen molar-refractivity contribution in [3.05, 3.63) is 33.8 Å². The zero-order valence-electron chi connectivity index (χ0n) is 10.2. The van der Waals surface area contributed by atoms with Crippen LogP contribution in [0.5, 0.6) is 0 Å². The van der Waals surface area contributed by atoms with E-state index in [2.05, 4.69) is 0 Å². The Hall–Kier alpha value is -0.570. The minimum atomic E-state index is 0.122. The molecule has 0 atom stereocenters. The first-order valence-electron chi connectivity index (χ1n) is 6.29. The number of nitrogens with two attached hydrogens (primary N) is 1. The van der Waals surface area contributed by atoms with E-state index in [9.17, 15) is 4.79 Å². The Morgan fingerprint density at radius 2 is 1.72 bits per heavy atom. The maximum absolute atomic E-state index is 12.2. The highest BCUT2D eigenvalue weighted by Gasteiger charge is 2.25. The topological polar surface area (TPSA) is 43.1 Å². The Kier molecular flexibility index (Phi) is 4.66. The normalized spacial score (nSPS) is 23.9. The fourth-order valence-electron chi connectivity index (χ4n) is 2.46. The average Bonchev–Trinajstić information content (AvgIpc) is 2.34. The van der Waals surface area contributed by atoms with E-state index in [1.54, 1.807) is 18.2 Å². The monoisotopic (exact) mass is 285 g/mol. The van der Waals surface area contributed by atoms with Crippen molar-refractivity contribution in [1.29, 1.82) is 0 Å². The molecular weight excluding hydrogens is 269 g/mol. The number of hydrogen-bond acceptors (Lipinski definition) is 2. The van der Waals surface area contributed by atoms with Crippen molar-refractivity contribution in [1.82, 2.24) is 0 Å². The molecule has 2 nitrogen and oxygen atoms in total. The van der Waals surface area contributed by atoms with Gasteiger partial charge in [0.25, 0.3) is 0 Å². The van der Waals surface area contributed by atoms with E-state index in [-0.39, 0.29) is 17.7 Å². The van der Waals surface area contributed by atoms with Crippen LogP contribution in [-0.4, -0.2) is 11.8 Å². The second kappa shape index (κ2) is 6.05. The number of carbonyl (C=O) groups excluding carboxylic acids is 1. The van der Waals surface area contributed by atoms with E-state index in [4.69, 9.17) is 28.9 Å². The number of ketones is 1. The van der Waals surface area contributed by atoms with Crippen LogP contribution in [-0.2, 0) is 11.2 Å². The standard InChI is InChI=1S/C14H17Cl2NO/c15-12-2-1-3-13(16)11(12)8-14(18)9-4-6-10(17)7-5-9/h1-3,9-10H,4-8,17H2. The Bertz CT molecular complexity index is 419. The largest absolute Gasteiger partial charge is 0.328 e. The second-order valence-corrected chi connectivity index (χ2v) is 5.77. The summed E-state index contributed by atoms with van der Waals surface area (Å²) in [5.74, 6) is 0.356. The molecule has 0 aliphatic heterocycles. The summed E-state index contributed by atoms with van der Waals surface area (Å²) in [6, 6.07) is 5.59. The molecule has 0 spiro atoms. The maximum Gasteiger partial charge on any atom is 0.140 e. The summed E-state index contributed by atoms with van der Waals surface area (Å²) in [5, 5.41) is 1.15. The Balaban J connectivity index is 2.03. The zero-order valence-corrected chi connectivity index (χ0v) is 11.7. The lowest BCUT2D eigenvalue weighted by atomic mass is 9.82. The smallest absolute Gasteiger partial charge is 0.140 e. The van der Waals surface area contributed by atoms with Gasteiger partial charge in [0.15, 0.2) is 0 Å². The van der Waals surface area contributed by atoms with E-state index in [1.165, 1.54) is 0 Å². The van der Waals surface area contributed by atoms with E-state index < -0.39 is 0 Å². The maximum atomic E-state index is 12.2. The quantitative estimate of drug-likeness (QED) is 0.922. The van der Waals surface area contributed by atoms with Gasteiger partial charge in [-0.2, -0.15) is 0 Å². The number of hydrogen-bond donors (Lipinski definition) is 1. The molecule has 98 valence electrons. The van der Waals surface area contributed by atoms with Crippen LogP contribution in [0.15, 0.2) is 18.2 Å². The van der Waals surface area contributed by atoms with Crippen LogP contribution in [0.1, 0.15) is 31.2 Å². The third kappa shape index (κ3) is 3.25. The van der Waals surface area contributed by atoms with Gasteiger partial charge in [-0.05, 0) is 43.4 Å². The van der Waals surface area contributed by atoms with Gasteiger partial charge in [0.2, 0.25) is 0 Å². The summed E-state index contributed by atoms with van der Waals surface area (Å²) in [5.41, 5.74) is 6.60. The van der Waals surface area contributed by atoms with Gasteiger partial charge in [0.1, 0.15) is 5.78 Å². The van der Waals surface area contributed by atoms with Crippen LogP contribution in [0.25, 0.3) is 0 Å². The SMILES string of the molecule is NC1CCC(C(=O)Cc2c(Cl)cccc2Cl)CC1. The van der Waals surface area contributed by atoms with Crippen molar-refractivity contribution >= 4 is 29.0 Å². The molecule has 0 unspecified atom stereocenters. The number of carbonyl (C=O) groups is 1. The number of Topliss-reactive ketones (excluding diaryl/α,β-unsaturated/α-hetero) is 1. The summed E-state index contributed by atoms with van der Waals surface area (Å²) in [7, 11) is 0. The molecule has 0 heterocycles. The van der Waals surface area contributed by atoms with Crippen molar-refractivity contribution in [3.63, 3.8) is 0 Å². The summed E-state index contributed by atoms with van der Waals surface area (Å²) < 4.78 is 0. The lowest BCUT2D eigenvalue weighted by Gasteiger charge is -2.25. The van der Waals surface area contributed by atoms with Crippen molar-refractivity contribution in [3.8, 4) is 0 Å². The van der Waals surface area contributed by atoms with Crippen LogP contribution in [0.4, 0.5) is 0 Å². The van der Waals surface area contributed by atoms with Crippen LogP contribution in [0.2, 0.25) is 10.0 Å². The molecular formula is C14H17Cl2NO. The van der Waals surface area contributed by atoms with Crippen LogP contribution >= 0.6 is 23.2 Å². The van der Waals surface area contributed by atoms with Gasteiger partial charge in [-0.25, -0.2) is 0 Å². The van der Waals surface area contributed by atoms with E-state index >= 15 is 0 Å². The summed E-state index contributed by atoms with van der Waals surface area (Å²) in [6.45, 7) is 0. The Morgan fingerprint density at radius 1 is 1.17 bits per heavy atom. The summed E-state index contributed by atoms with van der Waals surface area (Å²) >= 11 is 12.2. The van der Waals surface area contributed by atoms with Gasteiger partial charge in [0, 0.05) is 28.4 Å². The molecule has 1 aliphatic carbocycles. The van der Waals surface area contributed by atoms with Gasteiger partial charge in [0.05, 0.1) is 0 Å². The molecule has 1 aliphatic rings. The minimum Gasteiger partial charge on any atom is -0.328 e. The molecule has 2 N–H and O–H groups in total. The highest BCUT2D eigenvalue weighted by atomic mass is 35.5. The lowest BCUT2D eigenvalue weighted by Crippen LogP contribution is -2.30. The zero-order chi connectivity index (χ0) is 13.1. The van der Waals surface area contributed by atoms with E-state index in [1.807, 2.05) is 0 Å². The first-order valence-corrected chi connectivity index (χ1v) is 7.04. The molecule has 18 heavy (non-hydrogen) atoms. The minimum absolute atomic E-state index is 0.122. The van der Waals surface area contributed by atoms with Gasteiger partial charge < -0.3 is 5.73 Å². The Morgan fingerprint density at radius 3 is 2.28 bits per heavy atom. The number of rotatable bonds is 3. The first-order chi connectivity index (χ1) is 8.58. The summed E-state index contributed by atoms with van der Waals surface area (Å²) in [4.78, 5) is 12.2. The Labute approximate surface area is 117 Å². The average molecular weight is 286 g/mol. The van der Waals surface area contributed by atoms with Crippen molar-refractivity contribution in [2.24, 2.45) is 11.7 Å². The van der Waals surface area contributed by atoms with Crippen LogP contribution < -0.4 is 5.73 Å². The van der Waals surface area contributed by atoms with Crippen molar-refractivity contribution < 1.29 is 4.79 Å². The number of benzene rings is 1. The lowest BCUT2D eigenvalue weighted by molar-refractivity contribution is -0.123. The molecule has 1 saturated carbocycles. The fourth-order valence-corrected chi connectivity index (χ4v) is 2.99. The molecule has 0 aromatic heterocycles.